The van der Waals surface area contributed by atoms with Crippen LogP contribution in [0.2, 0.25) is 0 Å². The number of rotatable bonds is 4. The second-order valence-electron chi connectivity index (χ2n) is 6.68. The molecule has 1 heterocycles. The maximum absolute atomic E-state index is 13.0. The molecule has 6 nitrogen and oxygen atoms in total. The van der Waals surface area contributed by atoms with Crippen molar-refractivity contribution in [3.8, 4) is 0 Å². The highest BCUT2D eigenvalue weighted by Gasteiger charge is 2.28. The van der Waals surface area contributed by atoms with Crippen molar-refractivity contribution in [2.75, 3.05) is 26.2 Å². The minimum absolute atomic E-state index is 0.0507. The smallest absolute Gasteiger partial charge is 0.317 e. The lowest BCUT2D eigenvalue weighted by atomic mass is 10.1. The van der Waals surface area contributed by atoms with Gasteiger partial charge in [-0.1, -0.05) is 13.8 Å². The van der Waals surface area contributed by atoms with E-state index in [4.69, 9.17) is 0 Å². The molecule has 1 aromatic rings. The van der Waals surface area contributed by atoms with Crippen molar-refractivity contribution in [3.63, 3.8) is 0 Å². The molecule has 0 aliphatic carbocycles. The van der Waals surface area contributed by atoms with Crippen molar-refractivity contribution in [2.24, 2.45) is 5.92 Å². The number of benzene rings is 1. The number of carbonyl (C=O) groups is 1. The van der Waals surface area contributed by atoms with Crippen LogP contribution in [0.15, 0.2) is 29.2 Å². The Labute approximate surface area is 149 Å². The average Bonchev–Trinajstić information content (AvgIpc) is 2.81. The molecule has 1 fully saturated rings. The first-order valence-electron chi connectivity index (χ1n) is 8.53. The van der Waals surface area contributed by atoms with Crippen molar-refractivity contribution in [2.45, 2.75) is 38.1 Å². The molecule has 1 aliphatic rings. The maximum atomic E-state index is 13.0. The Morgan fingerprint density at radius 1 is 1.08 bits per heavy atom. The van der Waals surface area contributed by atoms with Crippen LogP contribution in [0.4, 0.5) is 9.18 Å². The van der Waals surface area contributed by atoms with Crippen molar-refractivity contribution in [1.29, 1.82) is 0 Å². The number of nitrogens with zero attached hydrogens (tertiary/aromatic N) is 2. The summed E-state index contributed by atoms with van der Waals surface area (Å²) in [6, 6.07) is 4.70. The van der Waals surface area contributed by atoms with E-state index in [0.29, 0.717) is 32.0 Å². The van der Waals surface area contributed by atoms with Gasteiger partial charge >= 0.3 is 6.03 Å². The zero-order valence-corrected chi connectivity index (χ0v) is 15.7. The Morgan fingerprint density at radius 2 is 1.72 bits per heavy atom. The van der Waals surface area contributed by atoms with E-state index in [1.54, 1.807) is 4.90 Å². The number of hydrogen-bond donors (Lipinski definition) is 1. The number of sulfonamides is 1. The van der Waals surface area contributed by atoms with Gasteiger partial charge in [0.2, 0.25) is 10.0 Å². The van der Waals surface area contributed by atoms with Gasteiger partial charge in [0.05, 0.1) is 4.90 Å². The van der Waals surface area contributed by atoms with Gasteiger partial charge in [0.25, 0.3) is 0 Å². The van der Waals surface area contributed by atoms with E-state index in [1.165, 1.54) is 16.4 Å². The Morgan fingerprint density at radius 3 is 2.32 bits per heavy atom. The topological polar surface area (TPSA) is 69.7 Å². The maximum Gasteiger partial charge on any atom is 0.317 e. The summed E-state index contributed by atoms with van der Waals surface area (Å²) in [5.74, 6) is -0.150. The number of urea groups is 1. The monoisotopic (exact) mass is 371 g/mol. The summed E-state index contributed by atoms with van der Waals surface area (Å²) in [6.45, 7) is 7.41. The Balaban J connectivity index is 2.03. The highest BCUT2D eigenvalue weighted by molar-refractivity contribution is 7.89. The van der Waals surface area contributed by atoms with Crippen LogP contribution in [-0.4, -0.2) is 55.9 Å². The molecule has 1 saturated heterocycles. The lowest BCUT2D eigenvalue weighted by molar-refractivity contribution is 0.194. The molecule has 8 heteroatoms. The molecular formula is C17H26FN3O3S. The first kappa shape index (κ1) is 19.7. The molecule has 25 heavy (non-hydrogen) atoms. The number of amides is 2. The molecule has 1 unspecified atom stereocenters. The van der Waals surface area contributed by atoms with Crippen LogP contribution in [0, 0.1) is 11.7 Å². The SMILES string of the molecule is CC(C)C(C)NC(=O)N1CCCN(S(=O)(=O)c2ccc(F)cc2)CC1. The summed E-state index contributed by atoms with van der Waals surface area (Å²) < 4.78 is 39.7. The number of carbonyl (C=O) groups excluding carboxylic acids is 1. The zero-order chi connectivity index (χ0) is 18.6. The standard InChI is InChI=1S/C17H26FN3O3S/c1-13(2)14(3)19-17(22)20-9-4-10-21(12-11-20)25(23,24)16-7-5-15(18)6-8-16/h5-8,13-14H,4,9-12H2,1-3H3,(H,19,22). The fourth-order valence-corrected chi connectivity index (χ4v) is 4.02. The van der Waals surface area contributed by atoms with E-state index in [9.17, 15) is 17.6 Å². The second kappa shape index (κ2) is 8.14. The van der Waals surface area contributed by atoms with Crippen LogP contribution in [0.5, 0.6) is 0 Å². The van der Waals surface area contributed by atoms with E-state index in [0.717, 1.165) is 12.1 Å². The van der Waals surface area contributed by atoms with Crippen LogP contribution in [0.1, 0.15) is 27.2 Å². The fourth-order valence-electron chi connectivity index (χ4n) is 2.55. The predicted octanol–water partition coefficient (Wildman–Crippen LogP) is 2.28. The molecule has 2 rings (SSSR count). The van der Waals surface area contributed by atoms with Crippen molar-refractivity contribution in [3.05, 3.63) is 30.1 Å². The summed E-state index contributed by atoms with van der Waals surface area (Å²) in [5.41, 5.74) is 0. The van der Waals surface area contributed by atoms with E-state index in [2.05, 4.69) is 5.32 Å². The van der Waals surface area contributed by atoms with Gasteiger partial charge in [0.15, 0.2) is 0 Å². The third-order valence-corrected chi connectivity index (χ3v) is 6.46. The van der Waals surface area contributed by atoms with Gasteiger partial charge in [-0.2, -0.15) is 4.31 Å². The minimum atomic E-state index is -3.68. The third-order valence-electron chi connectivity index (χ3n) is 4.54. The molecule has 0 radical (unpaired) electrons. The highest BCUT2D eigenvalue weighted by atomic mass is 32.2. The zero-order valence-electron chi connectivity index (χ0n) is 14.9. The quantitative estimate of drug-likeness (QED) is 0.883. The highest BCUT2D eigenvalue weighted by Crippen LogP contribution is 2.18. The Hall–Kier alpha value is -1.67. The van der Waals surface area contributed by atoms with Crippen molar-refractivity contribution in [1.82, 2.24) is 14.5 Å². The summed E-state index contributed by atoms with van der Waals surface area (Å²) >= 11 is 0. The van der Waals surface area contributed by atoms with E-state index in [-0.39, 0.29) is 23.5 Å². The van der Waals surface area contributed by atoms with Crippen molar-refractivity contribution < 1.29 is 17.6 Å². The lowest BCUT2D eigenvalue weighted by Gasteiger charge is -2.25. The van der Waals surface area contributed by atoms with Crippen LogP contribution < -0.4 is 5.32 Å². The molecule has 0 spiro atoms. The molecule has 0 bridgehead atoms. The van der Waals surface area contributed by atoms with Gasteiger partial charge < -0.3 is 10.2 Å². The number of halogens is 1. The molecule has 0 saturated carbocycles. The van der Waals surface area contributed by atoms with E-state index < -0.39 is 15.8 Å². The van der Waals surface area contributed by atoms with Gasteiger partial charge in [0.1, 0.15) is 5.82 Å². The van der Waals surface area contributed by atoms with E-state index in [1.807, 2.05) is 20.8 Å². The van der Waals surface area contributed by atoms with Crippen LogP contribution in [0.3, 0.4) is 0 Å². The van der Waals surface area contributed by atoms with Gasteiger partial charge in [-0.25, -0.2) is 17.6 Å². The lowest BCUT2D eigenvalue weighted by Crippen LogP contribution is -2.47. The summed E-state index contributed by atoms with van der Waals surface area (Å²) in [4.78, 5) is 14.1. The largest absolute Gasteiger partial charge is 0.335 e. The first-order chi connectivity index (χ1) is 11.7. The molecular weight excluding hydrogens is 345 g/mol. The summed E-state index contributed by atoms with van der Waals surface area (Å²) in [7, 11) is -3.68. The van der Waals surface area contributed by atoms with Crippen LogP contribution in [-0.2, 0) is 10.0 Å². The molecule has 140 valence electrons. The summed E-state index contributed by atoms with van der Waals surface area (Å²) in [5, 5.41) is 2.95. The Kier molecular flexibility index (Phi) is 6.40. The molecule has 1 aromatic carbocycles. The van der Waals surface area contributed by atoms with Gasteiger partial charge in [0, 0.05) is 32.2 Å². The molecule has 2 amide bonds. The fraction of sp³-hybridized carbons (Fsp3) is 0.588. The molecule has 1 N–H and O–H groups in total. The molecule has 0 aromatic heterocycles. The van der Waals surface area contributed by atoms with Crippen LogP contribution in [0.25, 0.3) is 0 Å². The van der Waals surface area contributed by atoms with Gasteiger partial charge in [-0.05, 0) is 43.5 Å². The molecule has 1 aliphatic heterocycles. The van der Waals surface area contributed by atoms with E-state index >= 15 is 0 Å². The van der Waals surface area contributed by atoms with Gasteiger partial charge in [-0.3, -0.25) is 0 Å². The van der Waals surface area contributed by atoms with Crippen molar-refractivity contribution >= 4 is 16.1 Å². The predicted molar refractivity (Wildman–Crippen MR) is 94.2 cm³/mol. The third kappa shape index (κ3) is 4.92. The number of hydrogen-bond acceptors (Lipinski definition) is 3. The van der Waals surface area contributed by atoms with Crippen LogP contribution >= 0.6 is 0 Å². The minimum Gasteiger partial charge on any atom is -0.335 e. The second-order valence-corrected chi connectivity index (χ2v) is 8.62. The number of nitrogens with one attached hydrogen (secondary N) is 1. The molecule has 1 atom stereocenters. The normalized spacial score (nSPS) is 18.0. The Bertz CT molecular complexity index is 692. The van der Waals surface area contributed by atoms with Gasteiger partial charge in [-0.15, -0.1) is 0 Å². The average molecular weight is 371 g/mol. The first-order valence-corrected chi connectivity index (χ1v) is 9.97. The summed E-state index contributed by atoms with van der Waals surface area (Å²) in [6.07, 6.45) is 0.559.